The van der Waals surface area contributed by atoms with Gasteiger partial charge in [0.25, 0.3) is 0 Å². The van der Waals surface area contributed by atoms with Gasteiger partial charge in [-0.05, 0) is 19.8 Å². The lowest BCUT2D eigenvalue weighted by molar-refractivity contribution is -1.04. The maximum absolute atomic E-state index is 11.6. The van der Waals surface area contributed by atoms with Gasteiger partial charge in [-0.15, -0.1) is 0 Å². The Labute approximate surface area is 133 Å². The van der Waals surface area contributed by atoms with Crippen LogP contribution in [0.4, 0.5) is 0 Å². The molecule has 0 spiro atoms. The van der Waals surface area contributed by atoms with Crippen LogP contribution in [0.25, 0.3) is 0 Å². The number of phosphoric acid groups is 1. The Bertz CT molecular complexity index is 405. The zero-order valence-electron chi connectivity index (χ0n) is 14.0. The molecular weight excluding hydrogens is 309 g/mol. The van der Waals surface area contributed by atoms with E-state index in [-0.39, 0.29) is 17.2 Å². The molecule has 0 heterocycles. The lowest BCUT2D eigenvalue weighted by Crippen LogP contribution is -2.33. The fourth-order valence-corrected chi connectivity index (χ4v) is 2.56. The molecule has 22 heavy (non-hydrogen) atoms. The maximum Gasteiger partial charge on any atom is 0.518 e. The summed E-state index contributed by atoms with van der Waals surface area (Å²) < 4.78 is 26.2. The molecule has 8 heteroatoms. The predicted molar refractivity (Wildman–Crippen MR) is 83.8 cm³/mol. The second-order valence-electron chi connectivity index (χ2n) is 5.96. The second-order valence-corrected chi connectivity index (χ2v) is 7.32. The molecule has 0 aromatic carbocycles. The van der Waals surface area contributed by atoms with Gasteiger partial charge in [-0.25, -0.2) is 9.36 Å². The molecule has 0 rings (SSSR count). The van der Waals surface area contributed by atoms with Crippen molar-refractivity contribution >= 4 is 13.8 Å². The molecule has 0 aliphatic rings. The number of esters is 1. The third-order valence-electron chi connectivity index (χ3n) is 2.47. The summed E-state index contributed by atoms with van der Waals surface area (Å²) in [6.07, 6.45) is 4.22. The smallest absolute Gasteiger partial charge is 0.462 e. The molecule has 1 N–H and O–H groups in total. The van der Waals surface area contributed by atoms with Crippen LogP contribution in [0.3, 0.4) is 0 Å². The van der Waals surface area contributed by atoms with Gasteiger partial charge in [0.2, 0.25) is 0 Å². The molecule has 0 aromatic rings. The van der Waals surface area contributed by atoms with E-state index in [1.54, 1.807) is 28.1 Å². The van der Waals surface area contributed by atoms with E-state index in [0.717, 1.165) is 25.7 Å². The Balaban J connectivity index is 3.53. The number of carbonyl (C=O) groups excluding carboxylic acids is 1. The molecular formula is C14H29NO6P+. The third-order valence-corrected chi connectivity index (χ3v) is 3.68. The molecule has 7 nitrogen and oxygen atoms in total. The Morgan fingerprint density at radius 3 is 2.09 bits per heavy atom. The van der Waals surface area contributed by atoms with Crippen molar-refractivity contribution in [2.75, 3.05) is 34.4 Å². The predicted octanol–water partition coefficient (Wildman–Crippen LogP) is 2.81. The fourth-order valence-electron chi connectivity index (χ4n) is 1.54. The molecule has 0 aromatic heterocycles. The summed E-state index contributed by atoms with van der Waals surface area (Å²) in [5.41, 5.74) is 0.404. The molecule has 1 atom stereocenters. The average Bonchev–Trinajstić information content (AvgIpc) is 2.33. The van der Waals surface area contributed by atoms with Gasteiger partial charge in [-0.3, -0.25) is 9.42 Å². The second kappa shape index (κ2) is 10.1. The van der Waals surface area contributed by atoms with Crippen molar-refractivity contribution in [3.63, 3.8) is 0 Å². The zero-order valence-corrected chi connectivity index (χ0v) is 14.9. The minimum atomic E-state index is -3.99. The van der Waals surface area contributed by atoms with E-state index in [1.165, 1.54) is 0 Å². The number of nitrogens with zero attached hydrogens (tertiary/aromatic N) is 1. The SMILES string of the molecule is C=C(C)C(=O)OCCCCCCCOP(=O)(O)O[N+](C)(C)C. The summed E-state index contributed by atoms with van der Waals surface area (Å²) >= 11 is 0. The van der Waals surface area contributed by atoms with Gasteiger partial charge in [0.15, 0.2) is 0 Å². The number of carbonyl (C=O) groups is 1. The number of hydrogen-bond acceptors (Lipinski definition) is 5. The van der Waals surface area contributed by atoms with Crippen molar-refractivity contribution in [3.05, 3.63) is 12.2 Å². The first-order chi connectivity index (χ1) is 10.0. The maximum atomic E-state index is 11.6. The Morgan fingerprint density at radius 1 is 1.09 bits per heavy atom. The van der Waals surface area contributed by atoms with Gasteiger partial charge in [0.05, 0.1) is 34.4 Å². The Kier molecular flexibility index (Phi) is 9.80. The fraction of sp³-hybridized carbons (Fsp3) is 0.786. The zero-order chi connectivity index (χ0) is 17.2. The van der Waals surface area contributed by atoms with Crippen LogP contribution in [0, 0.1) is 0 Å². The highest BCUT2D eigenvalue weighted by molar-refractivity contribution is 7.47. The number of rotatable bonds is 12. The van der Waals surface area contributed by atoms with E-state index in [1.807, 2.05) is 0 Å². The number of unbranched alkanes of at least 4 members (excludes halogenated alkanes) is 4. The first-order valence-electron chi connectivity index (χ1n) is 7.36. The number of phosphoric ester groups is 1. The van der Waals surface area contributed by atoms with Crippen LogP contribution in [0.2, 0.25) is 0 Å². The summed E-state index contributed by atoms with van der Waals surface area (Å²) in [6.45, 7) is 5.69. The number of hydroxylamine groups is 3. The lowest BCUT2D eigenvalue weighted by Gasteiger charge is -2.22. The summed E-state index contributed by atoms with van der Waals surface area (Å²) in [5.74, 6) is -0.357. The molecule has 130 valence electrons. The largest absolute Gasteiger partial charge is 0.518 e. The van der Waals surface area contributed by atoms with Crippen molar-refractivity contribution in [1.29, 1.82) is 0 Å². The number of ether oxygens (including phenoxy) is 1. The third kappa shape index (κ3) is 13.0. The monoisotopic (exact) mass is 338 g/mol. The van der Waals surface area contributed by atoms with E-state index >= 15 is 0 Å². The molecule has 0 amide bonds. The van der Waals surface area contributed by atoms with Gasteiger partial charge < -0.3 is 4.74 Å². The summed E-state index contributed by atoms with van der Waals surface area (Å²) in [7, 11) is 0.901. The quantitative estimate of drug-likeness (QED) is 0.147. The van der Waals surface area contributed by atoms with Crippen molar-refractivity contribution in [3.8, 4) is 0 Å². The molecule has 0 radical (unpaired) electrons. The van der Waals surface area contributed by atoms with Crippen LogP contribution in [-0.2, 0) is 23.2 Å². The van der Waals surface area contributed by atoms with Crippen molar-refractivity contribution in [2.45, 2.75) is 39.0 Å². The van der Waals surface area contributed by atoms with Crippen LogP contribution in [-0.4, -0.2) is 49.9 Å². The highest BCUT2D eigenvalue weighted by Gasteiger charge is 2.30. The Morgan fingerprint density at radius 2 is 1.59 bits per heavy atom. The van der Waals surface area contributed by atoms with Gasteiger partial charge in [-0.2, -0.15) is 4.65 Å². The highest BCUT2D eigenvalue weighted by atomic mass is 31.2. The molecule has 0 saturated carbocycles. The van der Waals surface area contributed by atoms with Gasteiger partial charge in [0, 0.05) is 5.57 Å². The minimum absolute atomic E-state index is 0.101. The number of quaternary nitrogens is 1. The van der Waals surface area contributed by atoms with Crippen LogP contribution in [0.5, 0.6) is 0 Å². The van der Waals surface area contributed by atoms with Crippen LogP contribution >= 0.6 is 7.82 Å². The van der Waals surface area contributed by atoms with Gasteiger partial charge in [0.1, 0.15) is 0 Å². The van der Waals surface area contributed by atoms with Crippen molar-refractivity contribution in [1.82, 2.24) is 0 Å². The van der Waals surface area contributed by atoms with Gasteiger partial charge >= 0.3 is 13.8 Å². The van der Waals surface area contributed by atoms with Gasteiger partial charge in [-0.1, -0.05) is 30.5 Å². The van der Waals surface area contributed by atoms with E-state index in [2.05, 4.69) is 6.58 Å². The minimum Gasteiger partial charge on any atom is -0.462 e. The molecule has 0 saturated heterocycles. The topological polar surface area (TPSA) is 82.1 Å². The molecule has 0 fully saturated rings. The van der Waals surface area contributed by atoms with Crippen LogP contribution in [0.1, 0.15) is 39.0 Å². The first-order valence-corrected chi connectivity index (χ1v) is 8.86. The standard InChI is InChI=1S/C14H28NO6P/c1-13(2)14(16)19-11-9-7-6-8-10-12-20-22(17,18)21-15(3,4)5/h1,6-12H2,2-5H3/p+1. The average molecular weight is 338 g/mol. The van der Waals surface area contributed by atoms with E-state index in [0.29, 0.717) is 18.6 Å². The molecule has 0 aliphatic carbocycles. The summed E-state index contributed by atoms with van der Waals surface area (Å²) in [5, 5.41) is 0. The molecule has 0 bridgehead atoms. The van der Waals surface area contributed by atoms with E-state index in [9.17, 15) is 14.3 Å². The normalized spacial score (nSPS) is 14.4. The Hall–Kier alpha value is -0.720. The van der Waals surface area contributed by atoms with Crippen molar-refractivity contribution in [2.24, 2.45) is 0 Å². The lowest BCUT2D eigenvalue weighted by atomic mass is 10.1. The molecule has 1 unspecified atom stereocenters. The van der Waals surface area contributed by atoms with E-state index in [4.69, 9.17) is 13.9 Å². The summed E-state index contributed by atoms with van der Waals surface area (Å²) in [4.78, 5) is 20.6. The highest BCUT2D eigenvalue weighted by Crippen LogP contribution is 2.45. The molecule has 0 aliphatic heterocycles. The van der Waals surface area contributed by atoms with E-state index < -0.39 is 7.82 Å². The van der Waals surface area contributed by atoms with Crippen LogP contribution < -0.4 is 0 Å². The van der Waals surface area contributed by atoms with Crippen LogP contribution in [0.15, 0.2) is 12.2 Å². The van der Waals surface area contributed by atoms with Crippen molar-refractivity contribution < 1.29 is 32.8 Å². The number of hydrogen-bond donors (Lipinski definition) is 1. The first kappa shape index (κ1) is 21.3. The summed E-state index contributed by atoms with van der Waals surface area (Å²) in [6, 6.07) is 0.